The second-order valence-corrected chi connectivity index (χ2v) is 6.22. The van der Waals surface area contributed by atoms with Crippen LogP contribution in [0.1, 0.15) is 27.2 Å². The summed E-state index contributed by atoms with van der Waals surface area (Å²) in [4.78, 5) is 20.7. The number of rotatable bonds is 3. The summed E-state index contributed by atoms with van der Waals surface area (Å²) in [7, 11) is 1.80. The molecule has 0 unspecified atom stereocenters. The number of nitrogens with zero attached hydrogens (tertiary/aromatic N) is 4. The monoisotopic (exact) mass is 334 g/mol. The van der Waals surface area contributed by atoms with Gasteiger partial charge >= 0.3 is 0 Å². The summed E-state index contributed by atoms with van der Waals surface area (Å²) < 4.78 is 1.68. The first-order chi connectivity index (χ1) is 12.0. The molecule has 3 aromatic rings. The van der Waals surface area contributed by atoms with E-state index in [1.54, 1.807) is 11.7 Å². The van der Waals surface area contributed by atoms with Gasteiger partial charge in [-0.1, -0.05) is 17.7 Å². The average Bonchev–Trinajstić information content (AvgIpc) is 2.94. The van der Waals surface area contributed by atoms with Crippen molar-refractivity contribution in [3.63, 3.8) is 0 Å². The van der Waals surface area contributed by atoms with E-state index in [1.165, 1.54) is 5.56 Å². The molecule has 2 aromatic heterocycles. The number of aromatic nitrogens is 4. The molecule has 4 rings (SSSR count). The highest BCUT2D eigenvalue weighted by Crippen LogP contribution is 2.34. The molecular formula is C18H18N6O. The summed E-state index contributed by atoms with van der Waals surface area (Å²) in [5.41, 5.74) is 11.4. The summed E-state index contributed by atoms with van der Waals surface area (Å²) in [5, 5.41) is 7.49. The van der Waals surface area contributed by atoms with Gasteiger partial charge in [0, 0.05) is 24.5 Å². The lowest BCUT2D eigenvalue weighted by Gasteiger charge is -2.17. The normalized spacial score (nSPS) is 12.4. The largest absolute Gasteiger partial charge is 0.364 e. The summed E-state index contributed by atoms with van der Waals surface area (Å²) in [6.07, 6.45) is 3.31. The first-order valence-electron chi connectivity index (χ1n) is 8.08. The zero-order valence-corrected chi connectivity index (χ0v) is 14.1. The summed E-state index contributed by atoms with van der Waals surface area (Å²) in [6.45, 7) is 2.04. The Labute approximate surface area is 144 Å². The molecule has 7 nitrogen and oxygen atoms in total. The predicted octanol–water partition coefficient (Wildman–Crippen LogP) is 2.13. The molecule has 1 amide bonds. The van der Waals surface area contributed by atoms with Gasteiger partial charge in [0.15, 0.2) is 5.69 Å². The highest BCUT2D eigenvalue weighted by molar-refractivity contribution is 5.94. The van der Waals surface area contributed by atoms with E-state index in [0.717, 1.165) is 34.6 Å². The van der Waals surface area contributed by atoms with Crippen LogP contribution in [-0.4, -0.2) is 25.7 Å². The molecule has 0 aliphatic heterocycles. The maximum atomic E-state index is 11.6. The van der Waals surface area contributed by atoms with Crippen molar-refractivity contribution < 1.29 is 4.79 Å². The van der Waals surface area contributed by atoms with E-state index < -0.39 is 5.91 Å². The molecule has 1 aliphatic carbocycles. The van der Waals surface area contributed by atoms with Crippen molar-refractivity contribution in [1.82, 2.24) is 19.7 Å². The lowest BCUT2D eigenvalue weighted by atomic mass is 9.93. The standard InChI is InChI=1S/C18H18N6O/c1-10-3-6-12(7-4-10)21-18-20-9-11-5-8-13-15(17(19)25)23-24(2)16(13)14(11)22-18/h3-4,6-7,9H,5,8H2,1-2H3,(H2,19,25)(H,20,21,22). The minimum Gasteiger partial charge on any atom is -0.364 e. The molecule has 0 radical (unpaired) electrons. The van der Waals surface area contributed by atoms with Crippen molar-refractivity contribution in [3.8, 4) is 11.4 Å². The van der Waals surface area contributed by atoms with E-state index in [1.807, 2.05) is 37.4 Å². The van der Waals surface area contributed by atoms with Gasteiger partial charge in [-0.05, 0) is 37.5 Å². The Balaban J connectivity index is 1.76. The van der Waals surface area contributed by atoms with Crippen LogP contribution in [-0.2, 0) is 19.9 Å². The molecule has 0 spiro atoms. The van der Waals surface area contributed by atoms with E-state index in [9.17, 15) is 4.79 Å². The van der Waals surface area contributed by atoms with Crippen LogP contribution in [0.25, 0.3) is 11.4 Å². The number of hydrogen-bond acceptors (Lipinski definition) is 5. The quantitative estimate of drug-likeness (QED) is 0.764. The number of nitrogens with two attached hydrogens (primary N) is 1. The highest BCUT2D eigenvalue weighted by Gasteiger charge is 2.27. The van der Waals surface area contributed by atoms with Crippen molar-refractivity contribution in [2.45, 2.75) is 19.8 Å². The lowest BCUT2D eigenvalue weighted by Crippen LogP contribution is -2.16. The fourth-order valence-electron chi connectivity index (χ4n) is 3.18. The van der Waals surface area contributed by atoms with Gasteiger partial charge in [0.2, 0.25) is 5.95 Å². The van der Waals surface area contributed by atoms with Crippen molar-refractivity contribution in [3.05, 3.63) is 52.8 Å². The Kier molecular flexibility index (Phi) is 3.49. The number of benzene rings is 1. The molecular weight excluding hydrogens is 316 g/mol. The van der Waals surface area contributed by atoms with E-state index in [0.29, 0.717) is 18.1 Å². The van der Waals surface area contributed by atoms with Gasteiger partial charge in [0.1, 0.15) is 0 Å². The molecule has 126 valence electrons. The van der Waals surface area contributed by atoms with Crippen LogP contribution in [0, 0.1) is 6.92 Å². The van der Waals surface area contributed by atoms with Gasteiger partial charge in [0.25, 0.3) is 5.91 Å². The fraction of sp³-hybridized carbons (Fsp3) is 0.222. The fourth-order valence-corrected chi connectivity index (χ4v) is 3.18. The Hall–Kier alpha value is -3.22. The van der Waals surface area contributed by atoms with Gasteiger partial charge in [-0.3, -0.25) is 9.48 Å². The Morgan fingerprint density at radius 1 is 1.24 bits per heavy atom. The van der Waals surface area contributed by atoms with Crippen molar-refractivity contribution in [2.75, 3.05) is 5.32 Å². The molecule has 1 aromatic carbocycles. The number of carbonyl (C=O) groups excluding carboxylic acids is 1. The SMILES string of the molecule is Cc1ccc(Nc2ncc3c(n2)-c2c(c(C(N)=O)nn2C)CC3)cc1. The predicted molar refractivity (Wildman–Crippen MR) is 94.6 cm³/mol. The Bertz CT molecular complexity index is 974. The number of nitrogens with one attached hydrogen (secondary N) is 1. The zero-order valence-electron chi connectivity index (χ0n) is 14.1. The maximum absolute atomic E-state index is 11.6. The Morgan fingerprint density at radius 2 is 2.00 bits per heavy atom. The first kappa shape index (κ1) is 15.3. The summed E-state index contributed by atoms with van der Waals surface area (Å²) in [5.74, 6) is 0.00429. The topological polar surface area (TPSA) is 98.7 Å². The Morgan fingerprint density at radius 3 is 2.72 bits per heavy atom. The third-order valence-electron chi connectivity index (χ3n) is 4.42. The van der Waals surface area contributed by atoms with Crippen molar-refractivity contribution in [1.29, 1.82) is 0 Å². The van der Waals surface area contributed by atoms with Gasteiger partial charge in [0.05, 0.1) is 11.4 Å². The molecule has 0 saturated carbocycles. The van der Waals surface area contributed by atoms with Crippen LogP contribution in [0.5, 0.6) is 0 Å². The smallest absolute Gasteiger partial charge is 0.269 e. The van der Waals surface area contributed by atoms with Gasteiger partial charge in [-0.25, -0.2) is 9.97 Å². The van der Waals surface area contributed by atoms with Gasteiger partial charge < -0.3 is 11.1 Å². The third-order valence-corrected chi connectivity index (χ3v) is 4.42. The molecule has 25 heavy (non-hydrogen) atoms. The second kappa shape index (κ2) is 5.70. The van der Waals surface area contributed by atoms with E-state index in [4.69, 9.17) is 5.73 Å². The van der Waals surface area contributed by atoms with Crippen LogP contribution in [0.4, 0.5) is 11.6 Å². The number of aryl methyl sites for hydroxylation is 3. The van der Waals surface area contributed by atoms with Gasteiger partial charge in [-0.2, -0.15) is 5.10 Å². The first-order valence-corrected chi connectivity index (χ1v) is 8.08. The second-order valence-electron chi connectivity index (χ2n) is 6.22. The van der Waals surface area contributed by atoms with Crippen LogP contribution in [0.3, 0.4) is 0 Å². The minimum atomic E-state index is -0.507. The maximum Gasteiger partial charge on any atom is 0.269 e. The van der Waals surface area contributed by atoms with E-state index >= 15 is 0 Å². The van der Waals surface area contributed by atoms with Crippen LogP contribution >= 0.6 is 0 Å². The highest BCUT2D eigenvalue weighted by atomic mass is 16.1. The van der Waals surface area contributed by atoms with E-state index in [2.05, 4.69) is 20.4 Å². The van der Waals surface area contributed by atoms with Gasteiger partial charge in [-0.15, -0.1) is 0 Å². The zero-order chi connectivity index (χ0) is 17.6. The summed E-state index contributed by atoms with van der Waals surface area (Å²) in [6, 6.07) is 8.02. The molecule has 0 bridgehead atoms. The van der Waals surface area contributed by atoms with Crippen molar-refractivity contribution in [2.24, 2.45) is 12.8 Å². The lowest BCUT2D eigenvalue weighted by molar-refractivity contribution is 0.0994. The molecule has 0 saturated heterocycles. The molecule has 1 aliphatic rings. The van der Waals surface area contributed by atoms with Crippen LogP contribution in [0.2, 0.25) is 0 Å². The number of amides is 1. The van der Waals surface area contributed by atoms with E-state index in [-0.39, 0.29) is 0 Å². The molecule has 0 atom stereocenters. The third kappa shape index (κ3) is 2.63. The van der Waals surface area contributed by atoms with Crippen molar-refractivity contribution >= 4 is 17.5 Å². The van der Waals surface area contributed by atoms with Crippen LogP contribution < -0.4 is 11.1 Å². The molecule has 7 heteroatoms. The molecule has 0 fully saturated rings. The summed E-state index contributed by atoms with van der Waals surface area (Å²) >= 11 is 0. The van der Waals surface area contributed by atoms with Crippen LogP contribution in [0.15, 0.2) is 30.5 Å². The molecule has 3 N–H and O–H groups in total. The number of anilines is 2. The average molecular weight is 334 g/mol. The minimum absolute atomic E-state index is 0.329. The molecule has 2 heterocycles. The number of carbonyl (C=O) groups is 1. The number of primary amides is 1. The number of hydrogen-bond donors (Lipinski definition) is 2. The number of fused-ring (bicyclic) bond motifs is 3.